The molecule has 1 unspecified atom stereocenters. The molecule has 0 aromatic heterocycles. The van der Waals surface area contributed by atoms with Crippen LogP contribution in [0.4, 0.5) is 13.2 Å². The average Bonchev–Trinajstić information content (AvgIpc) is 2.69. The van der Waals surface area contributed by atoms with Gasteiger partial charge in [0.15, 0.2) is 10.1 Å². The summed E-state index contributed by atoms with van der Waals surface area (Å²) in [7, 11) is -6.09. The summed E-state index contributed by atoms with van der Waals surface area (Å²) in [6.07, 6.45) is 12.1. The third-order valence-electron chi connectivity index (χ3n) is 2.73. The van der Waals surface area contributed by atoms with Crippen LogP contribution in [0.15, 0.2) is 24.0 Å². The second-order valence-electron chi connectivity index (χ2n) is 4.44. The van der Waals surface area contributed by atoms with E-state index in [2.05, 4.69) is 32.2 Å². The zero-order valence-corrected chi connectivity index (χ0v) is 12.4. The monoisotopic (exact) mass is 315 g/mol. The van der Waals surface area contributed by atoms with Gasteiger partial charge in [0, 0.05) is 6.92 Å². The number of unbranched alkanes of at least 4 members (excludes halogenated alkanes) is 3. The van der Waals surface area contributed by atoms with Gasteiger partial charge >= 0.3 is 5.51 Å². The SMILES string of the molecule is CCCCCC[NH+]1C=CC=C1C.O=S(=O)([O-])C(F)(F)F. The Morgan fingerprint density at radius 2 is 1.80 bits per heavy atom. The molecule has 4 nitrogen and oxygen atoms in total. The van der Waals surface area contributed by atoms with E-state index >= 15 is 0 Å². The predicted octanol–water partition coefficient (Wildman–Crippen LogP) is 1.93. The Morgan fingerprint density at radius 3 is 2.15 bits per heavy atom. The summed E-state index contributed by atoms with van der Waals surface area (Å²) in [5.41, 5.74) is -4.18. The fraction of sp³-hybridized carbons (Fsp3) is 0.667. The maximum atomic E-state index is 10.7. The van der Waals surface area contributed by atoms with Gasteiger partial charge in [-0.15, -0.1) is 0 Å². The van der Waals surface area contributed by atoms with Crippen molar-refractivity contribution in [1.29, 1.82) is 0 Å². The molecule has 1 rings (SSSR count). The van der Waals surface area contributed by atoms with E-state index in [-0.39, 0.29) is 0 Å². The van der Waals surface area contributed by atoms with Gasteiger partial charge in [-0.3, -0.25) is 4.90 Å². The van der Waals surface area contributed by atoms with Crippen LogP contribution in [-0.2, 0) is 10.1 Å². The molecule has 0 radical (unpaired) electrons. The van der Waals surface area contributed by atoms with E-state index in [1.54, 1.807) is 4.90 Å². The van der Waals surface area contributed by atoms with E-state index in [0.29, 0.717) is 0 Å². The van der Waals surface area contributed by atoms with Crippen LogP contribution >= 0.6 is 0 Å². The van der Waals surface area contributed by atoms with Gasteiger partial charge in [-0.1, -0.05) is 19.8 Å². The van der Waals surface area contributed by atoms with Crippen molar-refractivity contribution in [3.63, 3.8) is 0 Å². The molecule has 20 heavy (non-hydrogen) atoms. The number of nitrogens with one attached hydrogen (secondary N) is 1. The summed E-state index contributed by atoms with van der Waals surface area (Å²) in [5.74, 6) is 0. The molecule has 118 valence electrons. The minimum absolute atomic E-state index is 1.28. The number of halogens is 3. The van der Waals surface area contributed by atoms with E-state index in [9.17, 15) is 13.2 Å². The Morgan fingerprint density at radius 1 is 1.25 bits per heavy atom. The van der Waals surface area contributed by atoms with Crippen LogP contribution < -0.4 is 4.90 Å². The molecule has 0 aromatic carbocycles. The fourth-order valence-electron chi connectivity index (χ4n) is 1.57. The lowest BCUT2D eigenvalue weighted by Crippen LogP contribution is -3.04. The molecular formula is C12H20F3NO3S. The van der Waals surface area contributed by atoms with Crippen molar-refractivity contribution in [2.45, 2.75) is 45.0 Å². The molecule has 0 spiro atoms. The van der Waals surface area contributed by atoms with Crippen molar-refractivity contribution in [2.75, 3.05) is 6.54 Å². The number of hydrogen-bond acceptors (Lipinski definition) is 3. The van der Waals surface area contributed by atoms with E-state index in [1.165, 1.54) is 37.9 Å². The highest BCUT2D eigenvalue weighted by Crippen LogP contribution is 2.20. The van der Waals surface area contributed by atoms with Crippen molar-refractivity contribution in [1.82, 2.24) is 0 Å². The minimum Gasteiger partial charge on any atom is -0.741 e. The van der Waals surface area contributed by atoms with Crippen LogP contribution in [0, 0.1) is 0 Å². The number of hydrogen-bond donors (Lipinski definition) is 1. The molecule has 0 aliphatic carbocycles. The summed E-state index contributed by atoms with van der Waals surface area (Å²) >= 11 is 0. The number of rotatable bonds is 5. The smallest absolute Gasteiger partial charge is 0.485 e. The molecule has 0 saturated carbocycles. The molecule has 1 aliphatic rings. The van der Waals surface area contributed by atoms with Crippen LogP contribution in [0.3, 0.4) is 0 Å². The Kier molecular flexibility index (Phi) is 8.07. The quantitative estimate of drug-likeness (QED) is 0.479. The zero-order valence-electron chi connectivity index (χ0n) is 11.5. The molecule has 0 saturated heterocycles. The largest absolute Gasteiger partial charge is 0.741 e. The van der Waals surface area contributed by atoms with E-state index < -0.39 is 15.6 Å². The van der Waals surface area contributed by atoms with E-state index in [0.717, 1.165) is 0 Å². The van der Waals surface area contributed by atoms with Crippen LogP contribution in [-0.4, -0.2) is 25.0 Å². The van der Waals surface area contributed by atoms with Gasteiger partial charge in [0.2, 0.25) is 0 Å². The van der Waals surface area contributed by atoms with Crippen molar-refractivity contribution >= 4 is 10.1 Å². The molecule has 1 heterocycles. The molecule has 0 bridgehead atoms. The Labute approximate surface area is 117 Å². The topological polar surface area (TPSA) is 61.6 Å². The first-order valence-corrected chi connectivity index (χ1v) is 7.73. The molecule has 1 N–H and O–H groups in total. The molecule has 1 aliphatic heterocycles. The predicted molar refractivity (Wildman–Crippen MR) is 68.6 cm³/mol. The molecular weight excluding hydrogens is 295 g/mol. The maximum absolute atomic E-state index is 10.7. The highest BCUT2D eigenvalue weighted by molar-refractivity contribution is 7.86. The number of quaternary nitrogens is 1. The number of allylic oxidation sites excluding steroid dienone is 3. The summed E-state index contributed by atoms with van der Waals surface area (Å²) in [5, 5.41) is 0. The maximum Gasteiger partial charge on any atom is 0.485 e. The lowest BCUT2D eigenvalue weighted by atomic mass is 10.2. The third-order valence-corrected chi connectivity index (χ3v) is 3.30. The van der Waals surface area contributed by atoms with Gasteiger partial charge < -0.3 is 4.55 Å². The van der Waals surface area contributed by atoms with E-state index in [4.69, 9.17) is 13.0 Å². The Balaban J connectivity index is 0.000000396. The van der Waals surface area contributed by atoms with Crippen LogP contribution in [0.2, 0.25) is 0 Å². The summed E-state index contributed by atoms with van der Waals surface area (Å²) in [4.78, 5) is 1.55. The highest BCUT2D eigenvalue weighted by Gasteiger charge is 2.36. The molecule has 8 heteroatoms. The van der Waals surface area contributed by atoms with Gasteiger partial charge in [-0.2, -0.15) is 13.2 Å². The molecule has 1 atom stereocenters. The minimum atomic E-state index is -6.09. The summed E-state index contributed by atoms with van der Waals surface area (Å²) in [6.45, 7) is 5.74. The van der Waals surface area contributed by atoms with Gasteiger partial charge in [0.25, 0.3) is 0 Å². The summed E-state index contributed by atoms with van der Waals surface area (Å²) < 4.78 is 58.9. The van der Waals surface area contributed by atoms with Crippen LogP contribution in [0.25, 0.3) is 0 Å². The van der Waals surface area contributed by atoms with Crippen molar-refractivity contribution < 1.29 is 31.0 Å². The molecule has 0 amide bonds. The second-order valence-corrected chi connectivity index (χ2v) is 5.82. The summed E-state index contributed by atoms with van der Waals surface area (Å²) in [6, 6.07) is 0. The average molecular weight is 315 g/mol. The lowest BCUT2D eigenvalue weighted by molar-refractivity contribution is -0.802. The molecule has 0 fully saturated rings. The van der Waals surface area contributed by atoms with Crippen molar-refractivity contribution in [3.05, 3.63) is 24.0 Å². The van der Waals surface area contributed by atoms with Crippen molar-refractivity contribution in [3.8, 4) is 0 Å². The van der Waals surface area contributed by atoms with Crippen LogP contribution in [0.5, 0.6) is 0 Å². The third kappa shape index (κ3) is 7.66. The Hall–Kier alpha value is -0.860. The van der Waals surface area contributed by atoms with Crippen LogP contribution in [0.1, 0.15) is 39.5 Å². The van der Waals surface area contributed by atoms with Gasteiger partial charge in [0.05, 0.1) is 12.7 Å². The normalized spacial score (nSPS) is 18.5. The zero-order chi connectivity index (χ0) is 15.8. The second kappa shape index (κ2) is 8.43. The Bertz CT molecular complexity index is 441. The number of alkyl halides is 3. The van der Waals surface area contributed by atoms with Crippen molar-refractivity contribution in [2.24, 2.45) is 0 Å². The lowest BCUT2D eigenvalue weighted by Gasteiger charge is -2.10. The van der Waals surface area contributed by atoms with E-state index in [1.807, 2.05) is 0 Å². The first kappa shape index (κ1) is 19.1. The van der Waals surface area contributed by atoms with Gasteiger partial charge in [0.1, 0.15) is 5.70 Å². The standard InChI is InChI=1S/C11H19N.CHF3O3S/c1-3-4-5-6-9-12-10-7-8-11(12)2;2-1(3,4)8(5,6)7/h7-8,10H,3-6,9H2,1-2H3;(H,5,6,7). The first-order chi connectivity index (χ1) is 9.09. The van der Waals surface area contributed by atoms with Gasteiger partial charge in [-0.25, -0.2) is 8.42 Å². The van der Waals surface area contributed by atoms with Gasteiger partial charge in [-0.05, 0) is 25.0 Å². The highest BCUT2D eigenvalue weighted by atomic mass is 32.2. The first-order valence-electron chi connectivity index (χ1n) is 6.33. The molecule has 0 aromatic rings. The fourth-order valence-corrected chi connectivity index (χ4v) is 1.57.